The Morgan fingerprint density at radius 2 is 1.85 bits per heavy atom. The summed E-state index contributed by atoms with van der Waals surface area (Å²) in [6.07, 6.45) is 1.92. The molecule has 108 valence electrons. The average molecular weight is 340 g/mol. The lowest BCUT2D eigenvalue weighted by Gasteiger charge is -2.07. The van der Waals surface area contributed by atoms with Crippen molar-refractivity contribution in [2.75, 3.05) is 13.2 Å². The first-order chi connectivity index (χ1) is 9.69. The van der Waals surface area contributed by atoms with Gasteiger partial charge in [0.25, 0.3) is 0 Å². The van der Waals surface area contributed by atoms with E-state index in [9.17, 15) is 0 Å². The first-order valence-electron chi connectivity index (χ1n) is 6.59. The second-order valence-corrected chi connectivity index (χ2v) is 5.65. The van der Waals surface area contributed by atoms with E-state index >= 15 is 0 Å². The van der Waals surface area contributed by atoms with E-state index in [4.69, 9.17) is 9.47 Å². The van der Waals surface area contributed by atoms with Gasteiger partial charge in [0.05, 0.1) is 23.7 Å². The van der Waals surface area contributed by atoms with Crippen molar-refractivity contribution in [2.45, 2.75) is 25.2 Å². The fourth-order valence-electron chi connectivity index (χ4n) is 1.66. The molecule has 0 fully saturated rings. The number of nitrogens with zero attached hydrogens (tertiary/aromatic N) is 3. The van der Waals surface area contributed by atoms with Crippen LogP contribution in [0.3, 0.4) is 0 Å². The molecular weight excluding hydrogens is 322 g/mol. The number of ether oxygens (including phenoxy) is 2. The molecule has 0 spiro atoms. The highest BCUT2D eigenvalue weighted by molar-refractivity contribution is 9.09. The summed E-state index contributed by atoms with van der Waals surface area (Å²) >= 11 is 3.46. The Bertz CT molecular complexity index is 525. The molecule has 0 saturated heterocycles. The Kier molecular flexibility index (Phi) is 5.40. The Balaban J connectivity index is 1.79. The van der Waals surface area contributed by atoms with E-state index in [2.05, 4.69) is 26.2 Å². The maximum Gasteiger partial charge on any atom is 0.119 e. The zero-order valence-electron chi connectivity index (χ0n) is 11.6. The van der Waals surface area contributed by atoms with E-state index in [1.165, 1.54) is 0 Å². The fourth-order valence-corrected chi connectivity index (χ4v) is 1.87. The molecule has 0 aliphatic rings. The molecule has 2 aromatic rings. The normalized spacial score (nSPS) is 12.2. The monoisotopic (exact) mass is 339 g/mol. The molecule has 2 rings (SSSR count). The van der Waals surface area contributed by atoms with Crippen molar-refractivity contribution in [1.29, 1.82) is 0 Å². The highest BCUT2D eigenvalue weighted by Crippen LogP contribution is 2.19. The molecule has 0 saturated carbocycles. The lowest BCUT2D eigenvalue weighted by Crippen LogP contribution is -2.08. The zero-order valence-corrected chi connectivity index (χ0v) is 13.2. The van der Waals surface area contributed by atoms with Crippen LogP contribution in [0.5, 0.6) is 11.5 Å². The number of hydrogen-bond donors (Lipinski definition) is 0. The van der Waals surface area contributed by atoms with Gasteiger partial charge in [-0.15, -0.1) is 5.10 Å². The van der Waals surface area contributed by atoms with Crippen LogP contribution in [-0.4, -0.2) is 28.2 Å². The molecule has 1 unspecified atom stereocenters. The van der Waals surface area contributed by atoms with Gasteiger partial charge in [-0.1, -0.05) is 21.1 Å². The largest absolute Gasteiger partial charge is 0.494 e. The third-order valence-electron chi connectivity index (χ3n) is 2.69. The summed E-state index contributed by atoms with van der Waals surface area (Å²) in [5.41, 5.74) is 0.922. The number of rotatable bonds is 7. The SMILES string of the molecule is CCOc1ccc(OCCn2cc(C(C)Br)nn2)cc1. The standard InChI is InChI=1S/C14H18BrN3O2/c1-3-19-12-4-6-13(7-5-12)20-9-8-18-10-14(11(2)15)16-17-18/h4-7,10-11H,3,8-9H2,1-2H3. The van der Waals surface area contributed by atoms with Crippen molar-refractivity contribution < 1.29 is 9.47 Å². The van der Waals surface area contributed by atoms with Gasteiger partial charge in [0.2, 0.25) is 0 Å². The molecule has 20 heavy (non-hydrogen) atoms. The Morgan fingerprint density at radius 3 is 2.40 bits per heavy atom. The van der Waals surface area contributed by atoms with Gasteiger partial charge in [-0.3, -0.25) is 0 Å². The fraction of sp³-hybridized carbons (Fsp3) is 0.429. The average Bonchev–Trinajstić information content (AvgIpc) is 2.90. The molecule has 0 bridgehead atoms. The van der Waals surface area contributed by atoms with Crippen LogP contribution < -0.4 is 9.47 Å². The summed E-state index contributed by atoms with van der Waals surface area (Å²) in [6, 6.07) is 7.61. The number of benzene rings is 1. The second kappa shape index (κ2) is 7.28. The summed E-state index contributed by atoms with van der Waals surface area (Å²) in [6.45, 7) is 5.86. The van der Waals surface area contributed by atoms with Crippen molar-refractivity contribution in [3.05, 3.63) is 36.2 Å². The van der Waals surface area contributed by atoms with Crippen LogP contribution in [0, 0.1) is 0 Å². The number of halogens is 1. The highest BCUT2D eigenvalue weighted by Gasteiger charge is 2.06. The van der Waals surface area contributed by atoms with Gasteiger partial charge >= 0.3 is 0 Å². The van der Waals surface area contributed by atoms with Crippen molar-refractivity contribution in [3.63, 3.8) is 0 Å². The Hall–Kier alpha value is -1.56. The first-order valence-corrected chi connectivity index (χ1v) is 7.50. The maximum atomic E-state index is 5.66. The van der Waals surface area contributed by atoms with Crippen LogP contribution in [0.4, 0.5) is 0 Å². The van der Waals surface area contributed by atoms with Crippen LogP contribution in [0.25, 0.3) is 0 Å². The van der Waals surface area contributed by atoms with Crippen molar-refractivity contribution in [1.82, 2.24) is 15.0 Å². The first kappa shape index (κ1) is 14.8. The van der Waals surface area contributed by atoms with Gasteiger partial charge in [-0.2, -0.15) is 0 Å². The van der Waals surface area contributed by atoms with Crippen LogP contribution in [-0.2, 0) is 6.54 Å². The van der Waals surface area contributed by atoms with E-state index in [0.29, 0.717) is 19.8 Å². The van der Waals surface area contributed by atoms with E-state index in [-0.39, 0.29) is 4.83 Å². The van der Waals surface area contributed by atoms with Crippen molar-refractivity contribution in [3.8, 4) is 11.5 Å². The van der Waals surface area contributed by atoms with Crippen LogP contribution in [0.15, 0.2) is 30.5 Å². The lowest BCUT2D eigenvalue weighted by molar-refractivity contribution is 0.288. The molecule has 0 aliphatic carbocycles. The number of aromatic nitrogens is 3. The summed E-state index contributed by atoms with van der Waals surface area (Å²) in [5.74, 6) is 1.68. The number of hydrogen-bond acceptors (Lipinski definition) is 4. The Labute approximate surface area is 127 Å². The smallest absolute Gasteiger partial charge is 0.119 e. The molecule has 0 radical (unpaired) electrons. The van der Waals surface area contributed by atoms with Crippen molar-refractivity contribution in [2.24, 2.45) is 0 Å². The minimum absolute atomic E-state index is 0.211. The van der Waals surface area contributed by atoms with Crippen LogP contribution in [0.2, 0.25) is 0 Å². The molecule has 6 heteroatoms. The van der Waals surface area contributed by atoms with E-state index in [1.807, 2.05) is 44.3 Å². The van der Waals surface area contributed by atoms with Gasteiger partial charge in [0.15, 0.2) is 0 Å². The van der Waals surface area contributed by atoms with Gasteiger partial charge in [0.1, 0.15) is 18.1 Å². The quantitative estimate of drug-likeness (QED) is 0.726. The Morgan fingerprint density at radius 1 is 1.20 bits per heavy atom. The van der Waals surface area contributed by atoms with Gasteiger partial charge < -0.3 is 9.47 Å². The van der Waals surface area contributed by atoms with E-state index in [0.717, 1.165) is 17.2 Å². The second-order valence-electron chi connectivity index (χ2n) is 4.28. The minimum Gasteiger partial charge on any atom is -0.494 e. The molecule has 1 heterocycles. The highest BCUT2D eigenvalue weighted by atomic mass is 79.9. The predicted molar refractivity (Wildman–Crippen MR) is 80.5 cm³/mol. The molecule has 1 aromatic heterocycles. The van der Waals surface area contributed by atoms with Gasteiger partial charge in [-0.25, -0.2) is 4.68 Å². The lowest BCUT2D eigenvalue weighted by atomic mass is 10.3. The molecule has 1 atom stereocenters. The van der Waals surface area contributed by atoms with E-state index in [1.54, 1.807) is 4.68 Å². The zero-order chi connectivity index (χ0) is 14.4. The molecule has 5 nitrogen and oxygen atoms in total. The third kappa shape index (κ3) is 4.23. The maximum absolute atomic E-state index is 5.66. The molecule has 0 amide bonds. The predicted octanol–water partition coefficient (Wildman–Crippen LogP) is 3.21. The molecule has 0 N–H and O–H groups in total. The molecule has 1 aromatic carbocycles. The van der Waals surface area contributed by atoms with Gasteiger partial charge in [0, 0.05) is 6.20 Å². The van der Waals surface area contributed by atoms with Crippen LogP contribution >= 0.6 is 15.9 Å². The topological polar surface area (TPSA) is 49.2 Å². The summed E-state index contributed by atoms with van der Waals surface area (Å²) in [4.78, 5) is 0.211. The summed E-state index contributed by atoms with van der Waals surface area (Å²) in [5, 5.41) is 8.11. The van der Waals surface area contributed by atoms with Crippen LogP contribution in [0.1, 0.15) is 24.4 Å². The summed E-state index contributed by atoms with van der Waals surface area (Å²) < 4.78 is 12.8. The number of alkyl halides is 1. The van der Waals surface area contributed by atoms with Gasteiger partial charge in [-0.05, 0) is 38.1 Å². The molecular formula is C14H18BrN3O2. The molecule has 0 aliphatic heterocycles. The van der Waals surface area contributed by atoms with E-state index < -0.39 is 0 Å². The minimum atomic E-state index is 0.211. The van der Waals surface area contributed by atoms with Crippen molar-refractivity contribution >= 4 is 15.9 Å². The summed E-state index contributed by atoms with van der Waals surface area (Å²) in [7, 11) is 0. The third-order valence-corrected chi connectivity index (χ3v) is 3.16.